The van der Waals surface area contributed by atoms with Crippen molar-refractivity contribution >= 4 is 17.6 Å². The lowest BCUT2D eigenvalue weighted by atomic mass is 10.1. The standard InChI is InChI=1S/C12H9F3N2O3/c1-7(18)20-6-11(19)17-9-3-2-8(5-16)10(4-9)12(13,14)15/h2-4H,6H2,1H3,(H,17,19). The second kappa shape index (κ2) is 6.06. The minimum absolute atomic E-state index is 0.145. The first kappa shape index (κ1) is 15.5. The maximum absolute atomic E-state index is 12.7. The van der Waals surface area contributed by atoms with E-state index in [-0.39, 0.29) is 5.69 Å². The summed E-state index contributed by atoms with van der Waals surface area (Å²) in [7, 11) is 0. The molecule has 5 nitrogen and oxygen atoms in total. The highest BCUT2D eigenvalue weighted by atomic mass is 19.4. The fourth-order valence-corrected chi connectivity index (χ4v) is 1.32. The zero-order chi connectivity index (χ0) is 15.3. The van der Waals surface area contributed by atoms with Gasteiger partial charge in [-0.25, -0.2) is 0 Å². The molecular formula is C12H9F3N2O3. The van der Waals surface area contributed by atoms with Crippen molar-refractivity contribution in [3.63, 3.8) is 0 Å². The molecule has 0 spiro atoms. The Kier molecular flexibility index (Phi) is 4.69. The zero-order valence-corrected chi connectivity index (χ0v) is 10.2. The monoisotopic (exact) mass is 286 g/mol. The molecular weight excluding hydrogens is 277 g/mol. The van der Waals surface area contributed by atoms with Crippen LogP contribution in [0.3, 0.4) is 0 Å². The number of hydrogen-bond donors (Lipinski definition) is 1. The summed E-state index contributed by atoms with van der Waals surface area (Å²) in [6.45, 7) is 0.493. The Hall–Kier alpha value is -2.56. The van der Waals surface area contributed by atoms with Crippen molar-refractivity contribution in [3.05, 3.63) is 29.3 Å². The molecule has 0 fully saturated rings. The van der Waals surface area contributed by atoms with Crippen molar-refractivity contribution in [2.24, 2.45) is 0 Å². The summed E-state index contributed by atoms with van der Waals surface area (Å²) in [6.07, 6.45) is -4.71. The van der Waals surface area contributed by atoms with Gasteiger partial charge in [-0.05, 0) is 18.2 Å². The molecule has 0 saturated carbocycles. The van der Waals surface area contributed by atoms with Crippen molar-refractivity contribution in [1.82, 2.24) is 0 Å². The van der Waals surface area contributed by atoms with E-state index in [2.05, 4.69) is 10.1 Å². The number of esters is 1. The van der Waals surface area contributed by atoms with Gasteiger partial charge in [0, 0.05) is 12.6 Å². The van der Waals surface area contributed by atoms with Crippen LogP contribution >= 0.6 is 0 Å². The van der Waals surface area contributed by atoms with Crippen LogP contribution in [0.4, 0.5) is 18.9 Å². The quantitative estimate of drug-likeness (QED) is 0.863. The van der Waals surface area contributed by atoms with Gasteiger partial charge >= 0.3 is 12.1 Å². The summed E-state index contributed by atoms with van der Waals surface area (Å²) in [5.74, 6) is -1.46. The molecule has 20 heavy (non-hydrogen) atoms. The molecule has 8 heteroatoms. The Morgan fingerprint density at radius 1 is 1.40 bits per heavy atom. The molecule has 106 valence electrons. The topological polar surface area (TPSA) is 79.2 Å². The summed E-state index contributed by atoms with van der Waals surface area (Å²) >= 11 is 0. The van der Waals surface area contributed by atoms with E-state index in [1.165, 1.54) is 6.07 Å². The van der Waals surface area contributed by atoms with Gasteiger partial charge in [0.1, 0.15) is 0 Å². The van der Waals surface area contributed by atoms with E-state index < -0.39 is 35.8 Å². The smallest absolute Gasteiger partial charge is 0.417 e. The van der Waals surface area contributed by atoms with Crippen LogP contribution in [0.5, 0.6) is 0 Å². The molecule has 0 bridgehead atoms. The summed E-state index contributed by atoms with van der Waals surface area (Å²) < 4.78 is 42.4. The number of rotatable bonds is 3. The van der Waals surface area contributed by atoms with Crippen LogP contribution in [-0.2, 0) is 20.5 Å². The van der Waals surface area contributed by atoms with Gasteiger partial charge in [0.05, 0.1) is 17.2 Å². The zero-order valence-electron chi connectivity index (χ0n) is 10.2. The lowest BCUT2D eigenvalue weighted by Gasteiger charge is -2.11. The number of alkyl halides is 3. The van der Waals surface area contributed by atoms with Crippen LogP contribution in [0.15, 0.2) is 18.2 Å². The number of carbonyl (C=O) groups is 2. The highest BCUT2D eigenvalue weighted by Gasteiger charge is 2.33. The minimum atomic E-state index is -4.71. The summed E-state index contributed by atoms with van der Waals surface area (Å²) in [5, 5.41) is 10.7. The Bertz CT molecular complexity index is 576. The fraction of sp³-hybridized carbons (Fsp3) is 0.250. The van der Waals surface area contributed by atoms with Gasteiger partial charge in [0.15, 0.2) is 6.61 Å². The maximum atomic E-state index is 12.7. The number of ether oxygens (including phenoxy) is 1. The van der Waals surface area contributed by atoms with Gasteiger partial charge < -0.3 is 10.1 Å². The van der Waals surface area contributed by atoms with Gasteiger partial charge in [-0.15, -0.1) is 0 Å². The third-order valence-electron chi connectivity index (χ3n) is 2.14. The van der Waals surface area contributed by atoms with E-state index in [0.29, 0.717) is 6.07 Å². The van der Waals surface area contributed by atoms with E-state index in [1.54, 1.807) is 0 Å². The second-order valence-electron chi connectivity index (χ2n) is 3.70. The summed E-state index contributed by atoms with van der Waals surface area (Å²) in [6, 6.07) is 4.16. The van der Waals surface area contributed by atoms with Crippen molar-refractivity contribution < 1.29 is 27.5 Å². The van der Waals surface area contributed by atoms with Crippen LogP contribution in [0, 0.1) is 11.3 Å². The van der Waals surface area contributed by atoms with Crippen LogP contribution < -0.4 is 5.32 Å². The third-order valence-corrected chi connectivity index (χ3v) is 2.14. The molecule has 0 saturated heterocycles. The third kappa shape index (κ3) is 4.28. The van der Waals surface area contributed by atoms with Crippen LogP contribution in [0.1, 0.15) is 18.1 Å². The molecule has 0 radical (unpaired) electrons. The first-order valence-electron chi connectivity index (χ1n) is 5.28. The predicted octanol–water partition coefficient (Wildman–Crippen LogP) is 2.08. The number of amides is 1. The fourth-order valence-electron chi connectivity index (χ4n) is 1.32. The van der Waals surface area contributed by atoms with Crippen molar-refractivity contribution in [3.8, 4) is 6.07 Å². The molecule has 0 heterocycles. The summed E-state index contributed by atoms with van der Waals surface area (Å²) in [5.41, 5.74) is -1.84. The molecule has 0 aliphatic rings. The predicted molar refractivity (Wildman–Crippen MR) is 61.4 cm³/mol. The molecule has 0 unspecified atom stereocenters. The molecule has 0 aliphatic heterocycles. The van der Waals surface area contributed by atoms with Crippen molar-refractivity contribution in [1.29, 1.82) is 5.26 Å². The minimum Gasteiger partial charge on any atom is -0.456 e. The lowest BCUT2D eigenvalue weighted by Crippen LogP contribution is -2.20. The average Bonchev–Trinajstić information content (AvgIpc) is 2.35. The Labute approximate surface area is 111 Å². The lowest BCUT2D eigenvalue weighted by molar-refractivity contribution is -0.144. The Morgan fingerprint density at radius 2 is 2.05 bits per heavy atom. The van der Waals surface area contributed by atoms with E-state index in [1.807, 2.05) is 0 Å². The van der Waals surface area contributed by atoms with Gasteiger partial charge in [-0.3, -0.25) is 9.59 Å². The Morgan fingerprint density at radius 3 is 2.55 bits per heavy atom. The Balaban J connectivity index is 2.91. The molecule has 1 rings (SSSR count). The van der Waals surface area contributed by atoms with Crippen LogP contribution in [-0.4, -0.2) is 18.5 Å². The normalized spacial score (nSPS) is 10.6. The number of benzene rings is 1. The number of halogens is 3. The van der Waals surface area contributed by atoms with E-state index in [0.717, 1.165) is 19.1 Å². The highest BCUT2D eigenvalue weighted by Crippen LogP contribution is 2.33. The largest absolute Gasteiger partial charge is 0.456 e. The number of anilines is 1. The molecule has 0 aliphatic carbocycles. The number of nitrogens with one attached hydrogen (secondary N) is 1. The number of carbonyl (C=O) groups excluding carboxylic acids is 2. The van der Waals surface area contributed by atoms with Gasteiger partial charge in [0.25, 0.3) is 5.91 Å². The van der Waals surface area contributed by atoms with E-state index in [9.17, 15) is 22.8 Å². The number of nitrogens with zero attached hydrogens (tertiary/aromatic N) is 1. The van der Waals surface area contributed by atoms with Gasteiger partial charge in [-0.1, -0.05) is 0 Å². The first-order chi connectivity index (χ1) is 9.24. The SMILES string of the molecule is CC(=O)OCC(=O)Nc1ccc(C#N)c(C(F)(F)F)c1. The van der Waals surface area contributed by atoms with Gasteiger partial charge in [0.2, 0.25) is 0 Å². The molecule has 1 N–H and O–H groups in total. The number of hydrogen-bond acceptors (Lipinski definition) is 4. The molecule has 1 amide bonds. The van der Waals surface area contributed by atoms with Crippen molar-refractivity contribution in [2.75, 3.05) is 11.9 Å². The first-order valence-corrected chi connectivity index (χ1v) is 5.28. The summed E-state index contributed by atoms with van der Waals surface area (Å²) in [4.78, 5) is 21.8. The maximum Gasteiger partial charge on any atom is 0.417 e. The van der Waals surface area contributed by atoms with Crippen molar-refractivity contribution in [2.45, 2.75) is 13.1 Å². The van der Waals surface area contributed by atoms with Crippen LogP contribution in [0.25, 0.3) is 0 Å². The molecule has 1 aromatic rings. The highest BCUT2D eigenvalue weighted by molar-refractivity contribution is 5.92. The molecule has 0 atom stereocenters. The van der Waals surface area contributed by atoms with Gasteiger partial charge in [-0.2, -0.15) is 18.4 Å². The molecule has 1 aromatic carbocycles. The van der Waals surface area contributed by atoms with Crippen LogP contribution in [0.2, 0.25) is 0 Å². The number of nitriles is 1. The molecule has 0 aromatic heterocycles. The van der Waals surface area contributed by atoms with E-state index >= 15 is 0 Å². The van der Waals surface area contributed by atoms with E-state index in [4.69, 9.17) is 5.26 Å². The average molecular weight is 286 g/mol. The second-order valence-corrected chi connectivity index (χ2v) is 3.70.